The summed E-state index contributed by atoms with van der Waals surface area (Å²) < 4.78 is 54.7. The Morgan fingerprint density at radius 3 is 2.36 bits per heavy atom. The molecule has 0 aromatic heterocycles. The van der Waals surface area contributed by atoms with Gasteiger partial charge in [-0.3, -0.25) is 15.1 Å². The monoisotopic (exact) mass is 597 g/mol. The number of carbonyl (C=O) groups is 2. The van der Waals surface area contributed by atoms with Crippen LogP contribution >= 0.6 is 11.6 Å². The number of nitrogens with zero attached hydrogens (tertiary/aromatic N) is 2. The second-order valence-electron chi connectivity index (χ2n) is 9.56. The summed E-state index contributed by atoms with van der Waals surface area (Å²) >= 11 is 6.23. The standard InChI is InChI=1S/C30H20ClF4N3O4/c1-14-3-6-19(9-15(14)2)38-25-11-17(30(33,34)35)5-7-20(25)26(28(38)40)37-36-24-13-18(31)12-21(27(24)39)16-4-8-23(32)22(10-16)29(41)42/h3-13,36,39H,1-2H3,(H,41,42)/b37-26-. The number of benzene rings is 4. The van der Waals surface area contributed by atoms with Gasteiger partial charge in [-0.05, 0) is 85.1 Å². The zero-order chi connectivity index (χ0) is 30.5. The first-order valence-electron chi connectivity index (χ1n) is 12.3. The lowest BCUT2D eigenvalue weighted by Gasteiger charge is -2.19. The third kappa shape index (κ3) is 5.14. The number of alkyl halides is 3. The summed E-state index contributed by atoms with van der Waals surface area (Å²) in [5.41, 5.74) is 3.00. The summed E-state index contributed by atoms with van der Waals surface area (Å²) in [6, 6.07) is 13.7. The van der Waals surface area contributed by atoms with Crippen molar-refractivity contribution in [2.24, 2.45) is 5.10 Å². The van der Waals surface area contributed by atoms with Gasteiger partial charge in [-0.25, -0.2) is 9.18 Å². The molecule has 4 aromatic carbocycles. The molecular weight excluding hydrogens is 578 g/mol. The second kappa shape index (κ2) is 10.5. The molecule has 3 N–H and O–H groups in total. The van der Waals surface area contributed by atoms with Gasteiger partial charge < -0.3 is 10.2 Å². The van der Waals surface area contributed by atoms with Crippen molar-refractivity contribution in [3.8, 4) is 16.9 Å². The minimum absolute atomic E-state index is 0.0258. The largest absolute Gasteiger partial charge is 0.505 e. The molecular formula is C30H20ClF4N3O4. The number of hydrogen-bond donors (Lipinski definition) is 3. The number of amides is 1. The highest BCUT2D eigenvalue weighted by molar-refractivity contribution is 6.55. The quantitative estimate of drug-likeness (QED) is 0.124. The molecule has 1 aliphatic rings. The first kappa shape index (κ1) is 28.6. The summed E-state index contributed by atoms with van der Waals surface area (Å²) in [6.07, 6.45) is -4.66. The maximum absolute atomic E-state index is 13.9. The van der Waals surface area contributed by atoms with Crippen LogP contribution in [0.2, 0.25) is 5.02 Å². The Morgan fingerprint density at radius 1 is 0.952 bits per heavy atom. The highest BCUT2D eigenvalue weighted by atomic mass is 35.5. The van der Waals surface area contributed by atoms with Gasteiger partial charge in [0.05, 0.1) is 16.8 Å². The summed E-state index contributed by atoms with van der Waals surface area (Å²) in [5.74, 6) is -3.65. The Balaban J connectivity index is 1.59. The lowest BCUT2D eigenvalue weighted by molar-refractivity contribution is -0.137. The van der Waals surface area contributed by atoms with Crippen molar-refractivity contribution in [1.29, 1.82) is 0 Å². The number of carboxylic acid groups (broad SMARTS) is 1. The number of phenols is 1. The van der Waals surface area contributed by atoms with Crippen LogP contribution in [0.5, 0.6) is 5.75 Å². The molecule has 0 saturated heterocycles. The number of phenolic OH excluding ortho intramolecular Hbond substituents is 1. The number of rotatable bonds is 5. The van der Waals surface area contributed by atoms with Gasteiger partial charge >= 0.3 is 12.1 Å². The van der Waals surface area contributed by atoms with E-state index in [1.54, 1.807) is 18.2 Å². The average Bonchev–Trinajstić information content (AvgIpc) is 3.20. The molecule has 0 saturated carbocycles. The average molecular weight is 598 g/mol. The fourth-order valence-electron chi connectivity index (χ4n) is 4.53. The van der Waals surface area contributed by atoms with E-state index in [9.17, 15) is 37.4 Å². The number of aromatic hydroxyl groups is 1. The van der Waals surface area contributed by atoms with Gasteiger partial charge in [0.2, 0.25) is 0 Å². The predicted octanol–water partition coefficient (Wildman–Crippen LogP) is 7.68. The first-order chi connectivity index (χ1) is 19.8. The van der Waals surface area contributed by atoms with Crippen LogP contribution in [0.25, 0.3) is 11.1 Å². The van der Waals surface area contributed by atoms with E-state index in [0.29, 0.717) is 5.69 Å². The molecule has 214 valence electrons. The molecule has 12 heteroatoms. The maximum Gasteiger partial charge on any atom is 0.416 e. The zero-order valence-corrected chi connectivity index (χ0v) is 22.6. The van der Waals surface area contributed by atoms with Crippen molar-refractivity contribution < 1.29 is 37.4 Å². The lowest BCUT2D eigenvalue weighted by Crippen LogP contribution is -2.26. The number of carboxylic acids is 1. The molecule has 1 aliphatic heterocycles. The van der Waals surface area contributed by atoms with Crippen molar-refractivity contribution in [3.63, 3.8) is 0 Å². The van der Waals surface area contributed by atoms with Gasteiger partial charge in [0, 0.05) is 21.8 Å². The van der Waals surface area contributed by atoms with Gasteiger partial charge in [0.1, 0.15) is 17.3 Å². The van der Waals surface area contributed by atoms with E-state index >= 15 is 0 Å². The van der Waals surface area contributed by atoms with Crippen LogP contribution in [0.15, 0.2) is 71.8 Å². The summed E-state index contributed by atoms with van der Waals surface area (Å²) in [5, 5.41) is 24.4. The van der Waals surface area contributed by atoms with Crippen LogP contribution in [0.1, 0.15) is 32.6 Å². The summed E-state index contributed by atoms with van der Waals surface area (Å²) in [7, 11) is 0. The highest BCUT2D eigenvalue weighted by Crippen LogP contribution is 2.42. The third-order valence-corrected chi connectivity index (χ3v) is 7.06. The number of hydrazone groups is 1. The van der Waals surface area contributed by atoms with Crippen molar-refractivity contribution >= 4 is 46.3 Å². The molecule has 7 nitrogen and oxygen atoms in total. The Morgan fingerprint density at radius 2 is 1.69 bits per heavy atom. The number of hydrogen-bond acceptors (Lipinski definition) is 5. The fourth-order valence-corrected chi connectivity index (χ4v) is 4.75. The number of halogens is 5. The molecule has 0 unspecified atom stereocenters. The normalized spacial score (nSPS) is 13.9. The molecule has 42 heavy (non-hydrogen) atoms. The molecule has 0 aliphatic carbocycles. The number of aryl methyl sites for hydroxylation is 2. The van der Waals surface area contributed by atoms with Crippen molar-refractivity contribution in [2.45, 2.75) is 20.0 Å². The molecule has 0 bridgehead atoms. The van der Waals surface area contributed by atoms with Crippen LogP contribution in [-0.4, -0.2) is 27.8 Å². The van der Waals surface area contributed by atoms with Crippen molar-refractivity contribution in [3.05, 3.63) is 105 Å². The van der Waals surface area contributed by atoms with E-state index in [1.807, 2.05) is 13.8 Å². The summed E-state index contributed by atoms with van der Waals surface area (Å²) in [4.78, 5) is 26.1. The molecule has 0 radical (unpaired) electrons. The van der Waals surface area contributed by atoms with Crippen LogP contribution < -0.4 is 10.3 Å². The predicted molar refractivity (Wildman–Crippen MR) is 150 cm³/mol. The number of anilines is 3. The van der Waals surface area contributed by atoms with Crippen molar-refractivity contribution in [2.75, 3.05) is 10.3 Å². The number of aromatic carboxylic acids is 1. The Hall–Kier alpha value is -4.90. The molecule has 0 spiro atoms. The van der Waals surface area contributed by atoms with Crippen LogP contribution in [0, 0.1) is 19.7 Å². The minimum atomic E-state index is -4.66. The van der Waals surface area contributed by atoms with Gasteiger partial charge in [-0.1, -0.05) is 23.7 Å². The van der Waals surface area contributed by atoms with E-state index in [2.05, 4.69) is 10.5 Å². The molecule has 4 aromatic rings. The SMILES string of the molecule is Cc1ccc(N2C(=O)/C(=N\Nc3cc(Cl)cc(-c4ccc(F)c(C(=O)O)c4)c3O)c3ccc(C(F)(F)F)cc32)cc1C. The van der Waals surface area contributed by atoms with E-state index < -0.39 is 40.7 Å². The van der Waals surface area contributed by atoms with E-state index in [-0.39, 0.29) is 38.8 Å². The van der Waals surface area contributed by atoms with Crippen molar-refractivity contribution in [1.82, 2.24) is 0 Å². The third-order valence-electron chi connectivity index (χ3n) is 6.85. The van der Waals surface area contributed by atoms with Crippen LogP contribution in [-0.2, 0) is 11.0 Å². The van der Waals surface area contributed by atoms with Gasteiger partial charge in [0.15, 0.2) is 5.71 Å². The van der Waals surface area contributed by atoms with Crippen LogP contribution in [0.4, 0.5) is 34.6 Å². The Labute approximate surface area is 241 Å². The molecule has 5 rings (SSSR count). The molecule has 1 heterocycles. The van der Waals surface area contributed by atoms with Gasteiger partial charge in [-0.2, -0.15) is 18.3 Å². The maximum atomic E-state index is 13.9. The van der Waals surface area contributed by atoms with E-state index in [4.69, 9.17) is 11.6 Å². The summed E-state index contributed by atoms with van der Waals surface area (Å²) in [6.45, 7) is 3.67. The topological polar surface area (TPSA) is 102 Å². The molecule has 1 amide bonds. The molecule has 0 fully saturated rings. The smallest absolute Gasteiger partial charge is 0.416 e. The van der Waals surface area contributed by atoms with Crippen LogP contribution in [0.3, 0.4) is 0 Å². The molecule has 0 atom stereocenters. The second-order valence-corrected chi connectivity index (χ2v) is 10.00. The zero-order valence-electron chi connectivity index (χ0n) is 21.8. The Bertz CT molecular complexity index is 1820. The fraction of sp³-hybridized carbons (Fsp3) is 0.100. The van der Waals surface area contributed by atoms with E-state index in [1.165, 1.54) is 18.2 Å². The minimum Gasteiger partial charge on any atom is -0.505 e. The number of carbonyl (C=O) groups excluding carboxylic acids is 1. The highest BCUT2D eigenvalue weighted by Gasteiger charge is 2.39. The Kier molecular flexibility index (Phi) is 7.15. The number of fused-ring (bicyclic) bond motifs is 1. The number of nitrogens with one attached hydrogen (secondary N) is 1. The van der Waals surface area contributed by atoms with Gasteiger partial charge in [0.25, 0.3) is 5.91 Å². The lowest BCUT2D eigenvalue weighted by atomic mass is 10.0. The van der Waals surface area contributed by atoms with E-state index in [0.717, 1.165) is 46.4 Å². The first-order valence-corrected chi connectivity index (χ1v) is 12.7. The van der Waals surface area contributed by atoms with Gasteiger partial charge in [-0.15, -0.1) is 0 Å².